The number of nitrogens with two attached hydrogens (primary N) is 1. The third kappa shape index (κ3) is 5.29. The van der Waals surface area contributed by atoms with Crippen molar-refractivity contribution in [2.24, 2.45) is 0 Å². The Kier molecular flexibility index (Phi) is 8.76. The molecule has 0 aromatic heterocycles. The molecule has 0 bridgehead atoms. The van der Waals surface area contributed by atoms with Crippen molar-refractivity contribution in [3.8, 4) is 0 Å². The van der Waals surface area contributed by atoms with Crippen LogP contribution in [0.15, 0.2) is 48.5 Å². The molecule has 0 unspecified atom stereocenters. The Balaban J connectivity index is 0.00000169. The number of anilines is 2. The van der Waals surface area contributed by atoms with E-state index in [0.29, 0.717) is 12.8 Å². The molecule has 6 heteroatoms. The second-order valence-corrected chi connectivity index (χ2v) is 6.35. The predicted molar refractivity (Wildman–Crippen MR) is 114 cm³/mol. The molecule has 0 spiro atoms. The zero-order chi connectivity index (χ0) is 16.9. The lowest BCUT2D eigenvalue weighted by Crippen LogP contribution is -2.49. The molecule has 2 aromatic rings. The van der Waals surface area contributed by atoms with Gasteiger partial charge in [-0.3, -0.25) is 4.79 Å². The molecular formula is C20H27Cl2N3O. The molecular weight excluding hydrogens is 369 g/mol. The molecule has 2 aromatic carbocycles. The molecule has 0 radical (unpaired) electrons. The van der Waals surface area contributed by atoms with Crippen LogP contribution in [0.25, 0.3) is 0 Å². The number of halogens is 2. The largest absolute Gasteiger partial charge is 0.399 e. The standard InChI is InChI=1S/C20H25N3O.2ClH/c1-16-6-2-5-9-19(16)22-12-14-23(15-13-22)20(24)11-10-17-7-3-4-8-18(17)21;;/h2-9H,10-15,21H2,1H3;2*1H. The Morgan fingerprint density at radius 1 is 0.962 bits per heavy atom. The van der Waals surface area contributed by atoms with Gasteiger partial charge in [0.25, 0.3) is 0 Å². The number of piperazine rings is 1. The SMILES string of the molecule is Cc1ccccc1N1CCN(C(=O)CCc2ccccc2N)CC1.Cl.Cl. The fourth-order valence-electron chi connectivity index (χ4n) is 3.28. The van der Waals surface area contributed by atoms with Crippen LogP contribution in [0.1, 0.15) is 17.5 Å². The van der Waals surface area contributed by atoms with Crippen molar-refractivity contribution in [3.05, 3.63) is 59.7 Å². The minimum Gasteiger partial charge on any atom is -0.399 e. The summed E-state index contributed by atoms with van der Waals surface area (Å²) in [6, 6.07) is 16.2. The maximum absolute atomic E-state index is 12.5. The molecule has 1 heterocycles. The topological polar surface area (TPSA) is 49.6 Å². The van der Waals surface area contributed by atoms with E-state index in [4.69, 9.17) is 5.73 Å². The molecule has 1 saturated heterocycles. The van der Waals surface area contributed by atoms with Gasteiger partial charge in [-0.05, 0) is 36.6 Å². The lowest BCUT2D eigenvalue weighted by molar-refractivity contribution is -0.131. The summed E-state index contributed by atoms with van der Waals surface area (Å²) in [7, 11) is 0. The molecule has 2 N–H and O–H groups in total. The highest BCUT2D eigenvalue weighted by molar-refractivity contribution is 5.85. The van der Waals surface area contributed by atoms with E-state index < -0.39 is 0 Å². The number of aryl methyl sites for hydroxylation is 2. The first-order chi connectivity index (χ1) is 11.6. The minimum absolute atomic E-state index is 0. The van der Waals surface area contributed by atoms with E-state index in [9.17, 15) is 4.79 Å². The number of carbonyl (C=O) groups excluding carboxylic acids is 1. The highest BCUT2D eigenvalue weighted by Crippen LogP contribution is 2.21. The Hall–Kier alpha value is -1.91. The lowest BCUT2D eigenvalue weighted by atomic mass is 10.1. The maximum atomic E-state index is 12.5. The van der Waals surface area contributed by atoms with Crippen LogP contribution < -0.4 is 10.6 Å². The number of nitrogen functional groups attached to an aromatic ring is 1. The van der Waals surface area contributed by atoms with Crippen molar-refractivity contribution in [2.45, 2.75) is 19.8 Å². The Bertz CT molecular complexity index is 716. The van der Waals surface area contributed by atoms with E-state index in [1.54, 1.807) is 0 Å². The summed E-state index contributed by atoms with van der Waals surface area (Å²) in [5, 5.41) is 0. The van der Waals surface area contributed by atoms with Crippen molar-refractivity contribution in [1.82, 2.24) is 4.90 Å². The summed E-state index contributed by atoms with van der Waals surface area (Å²) >= 11 is 0. The third-order valence-corrected chi connectivity index (χ3v) is 4.75. The summed E-state index contributed by atoms with van der Waals surface area (Å²) in [6.45, 7) is 5.50. The normalized spacial score (nSPS) is 13.6. The van der Waals surface area contributed by atoms with Crippen LogP contribution in [0, 0.1) is 6.92 Å². The zero-order valence-electron chi connectivity index (χ0n) is 15.1. The van der Waals surface area contributed by atoms with Crippen LogP contribution in [-0.2, 0) is 11.2 Å². The number of para-hydroxylation sites is 2. The Morgan fingerprint density at radius 2 is 1.58 bits per heavy atom. The number of carbonyl (C=O) groups is 1. The van der Waals surface area contributed by atoms with Crippen molar-refractivity contribution >= 4 is 42.1 Å². The number of amides is 1. The monoisotopic (exact) mass is 395 g/mol. The van der Waals surface area contributed by atoms with Gasteiger partial charge in [-0.25, -0.2) is 0 Å². The van der Waals surface area contributed by atoms with Gasteiger partial charge in [0, 0.05) is 44.0 Å². The van der Waals surface area contributed by atoms with Gasteiger partial charge in [-0.15, -0.1) is 24.8 Å². The van der Waals surface area contributed by atoms with Crippen molar-refractivity contribution in [2.75, 3.05) is 36.8 Å². The molecule has 1 amide bonds. The second-order valence-electron chi connectivity index (χ2n) is 6.35. The van der Waals surface area contributed by atoms with E-state index in [-0.39, 0.29) is 30.7 Å². The van der Waals surface area contributed by atoms with Crippen LogP contribution in [0.3, 0.4) is 0 Å². The van der Waals surface area contributed by atoms with Gasteiger partial charge in [-0.2, -0.15) is 0 Å². The van der Waals surface area contributed by atoms with Gasteiger partial charge in [0.15, 0.2) is 0 Å². The van der Waals surface area contributed by atoms with Crippen LogP contribution in [0.5, 0.6) is 0 Å². The fourth-order valence-corrected chi connectivity index (χ4v) is 3.28. The molecule has 0 saturated carbocycles. The summed E-state index contributed by atoms with van der Waals surface area (Å²) in [6.07, 6.45) is 1.24. The first-order valence-electron chi connectivity index (χ1n) is 8.57. The van der Waals surface area contributed by atoms with Crippen LogP contribution in [0.2, 0.25) is 0 Å². The van der Waals surface area contributed by atoms with E-state index in [2.05, 4.69) is 36.1 Å². The smallest absolute Gasteiger partial charge is 0.223 e. The van der Waals surface area contributed by atoms with Gasteiger partial charge in [0.2, 0.25) is 5.91 Å². The van der Waals surface area contributed by atoms with Crippen molar-refractivity contribution in [3.63, 3.8) is 0 Å². The number of nitrogens with zero attached hydrogens (tertiary/aromatic N) is 2. The summed E-state index contributed by atoms with van der Waals surface area (Å²) in [5.74, 6) is 0.225. The average molecular weight is 396 g/mol. The number of hydrogen-bond acceptors (Lipinski definition) is 3. The molecule has 1 fully saturated rings. The van der Waals surface area contributed by atoms with Gasteiger partial charge in [0.05, 0.1) is 0 Å². The van der Waals surface area contributed by atoms with Crippen LogP contribution in [-0.4, -0.2) is 37.0 Å². The molecule has 1 aliphatic heterocycles. The Morgan fingerprint density at radius 3 is 2.23 bits per heavy atom. The highest BCUT2D eigenvalue weighted by Gasteiger charge is 2.21. The quantitative estimate of drug-likeness (QED) is 0.802. The van der Waals surface area contributed by atoms with E-state index in [0.717, 1.165) is 37.4 Å². The molecule has 0 atom stereocenters. The summed E-state index contributed by atoms with van der Waals surface area (Å²) < 4.78 is 0. The lowest BCUT2D eigenvalue weighted by Gasteiger charge is -2.37. The van der Waals surface area contributed by atoms with Crippen molar-refractivity contribution < 1.29 is 4.79 Å². The highest BCUT2D eigenvalue weighted by atomic mass is 35.5. The van der Waals surface area contributed by atoms with Crippen LogP contribution in [0.4, 0.5) is 11.4 Å². The molecule has 1 aliphatic rings. The zero-order valence-corrected chi connectivity index (χ0v) is 16.7. The van der Waals surface area contributed by atoms with E-state index in [1.165, 1.54) is 11.3 Å². The van der Waals surface area contributed by atoms with Gasteiger partial charge < -0.3 is 15.5 Å². The van der Waals surface area contributed by atoms with Gasteiger partial charge in [-0.1, -0.05) is 36.4 Å². The average Bonchev–Trinajstić information content (AvgIpc) is 2.61. The first kappa shape index (κ1) is 22.1. The molecule has 0 aliphatic carbocycles. The first-order valence-corrected chi connectivity index (χ1v) is 8.57. The summed E-state index contributed by atoms with van der Waals surface area (Å²) in [5.41, 5.74) is 10.4. The molecule has 3 rings (SSSR count). The molecule has 142 valence electrons. The molecule has 26 heavy (non-hydrogen) atoms. The Labute approximate surface area is 168 Å². The van der Waals surface area contributed by atoms with Gasteiger partial charge >= 0.3 is 0 Å². The minimum atomic E-state index is 0. The van der Waals surface area contributed by atoms with Crippen LogP contribution >= 0.6 is 24.8 Å². The number of hydrogen-bond donors (Lipinski definition) is 1. The van der Waals surface area contributed by atoms with E-state index >= 15 is 0 Å². The summed E-state index contributed by atoms with van der Waals surface area (Å²) in [4.78, 5) is 16.8. The molecule has 4 nitrogen and oxygen atoms in total. The maximum Gasteiger partial charge on any atom is 0.223 e. The third-order valence-electron chi connectivity index (χ3n) is 4.75. The van der Waals surface area contributed by atoms with E-state index in [1.807, 2.05) is 29.2 Å². The number of rotatable bonds is 4. The van der Waals surface area contributed by atoms with Crippen molar-refractivity contribution in [1.29, 1.82) is 0 Å². The number of benzene rings is 2. The van der Waals surface area contributed by atoms with Gasteiger partial charge in [0.1, 0.15) is 0 Å². The fraction of sp³-hybridized carbons (Fsp3) is 0.350. The predicted octanol–water partition coefficient (Wildman–Crippen LogP) is 3.70. The second kappa shape index (κ2) is 10.3.